The molecule has 8 nitrogen and oxygen atoms in total. The van der Waals surface area contributed by atoms with Gasteiger partial charge in [-0.1, -0.05) is 6.07 Å². The molecule has 2 aromatic heterocycles. The molecule has 0 fully saturated rings. The molecule has 122 valence electrons. The van der Waals surface area contributed by atoms with Crippen LogP contribution in [0.5, 0.6) is 11.5 Å². The van der Waals surface area contributed by atoms with Gasteiger partial charge in [-0.2, -0.15) is 10.1 Å². The zero-order valence-electron chi connectivity index (χ0n) is 12.7. The minimum Gasteiger partial charge on any atom is -0.467 e. The van der Waals surface area contributed by atoms with E-state index < -0.39 is 0 Å². The number of rotatable bonds is 6. The summed E-state index contributed by atoms with van der Waals surface area (Å²) in [5, 5.41) is 14.2. The number of ether oxygens (including phenoxy) is 2. The van der Waals surface area contributed by atoms with Crippen molar-refractivity contribution in [2.75, 3.05) is 17.4 Å². The van der Waals surface area contributed by atoms with Crippen LogP contribution in [0.25, 0.3) is 0 Å². The van der Waals surface area contributed by atoms with Crippen molar-refractivity contribution in [3.63, 3.8) is 0 Å². The first kappa shape index (κ1) is 14.3. The van der Waals surface area contributed by atoms with Crippen molar-refractivity contribution in [2.24, 2.45) is 0 Å². The van der Waals surface area contributed by atoms with E-state index in [0.717, 1.165) is 22.8 Å². The number of hydrogen-bond acceptors (Lipinski definition) is 8. The molecule has 4 rings (SSSR count). The average molecular weight is 325 g/mol. The van der Waals surface area contributed by atoms with Gasteiger partial charge in [-0.25, -0.2) is 0 Å². The fraction of sp³-hybridized carbons (Fsp3) is 0.188. The van der Waals surface area contributed by atoms with E-state index in [0.29, 0.717) is 24.9 Å². The third kappa shape index (κ3) is 3.22. The summed E-state index contributed by atoms with van der Waals surface area (Å²) >= 11 is 0. The lowest BCUT2D eigenvalue weighted by Gasteiger charge is -2.07. The van der Waals surface area contributed by atoms with Gasteiger partial charge in [0.2, 0.25) is 12.7 Å². The van der Waals surface area contributed by atoms with E-state index >= 15 is 0 Å². The number of benzene rings is 1. The molecule has 1 aliphatic heterocycles. The molecule has 3 aromatic rings. The Labute approximate surface area is 137 Å². The van der Waals surface area contributed by atoms with Crippen molar-refractivity contribution >= 4 is 11.8 Å². The number of nitrogens with one attached hydrogen (secondary N) is 2. The lowest BCUT2D eigenvalue weighted by atomic mass is 10.2. The Morgan fingerprint density at radius 3 is 2.92 bits per heavy atom. The summed E-state index contributed by atoms with van der Waals surface area (Å²) < 4.78 is 15.9. The van der Waals surface area contributed by atoms with E-state index in [4.69, 9.17) is 13.9 Å². The molecule has 0 unspecified atom stereocenters. The number of furan rings is 1. The fourth-order valence-electron chi connectivity index (χ4n) is 2.29. The molecule has 1 aromatic carbocycles. The zero-order chi connectivity index (χ0) is 16.2. The molecule has 0 saturated heterocycles. The Kier molecular flexibility index (Phi) is 3.85. The van der Waals surface area contributed by atoms with Crippen molar-refractivity contribution in [3.05, 3.63) is 54.1 Å². The van der Waals surface area contributed by atoms with E-state index in [1.54, 1.807) is 12.5 Å². The van der Waals surface area contributed by atoms with Gasteiger partial charge in [-0.15, -0.1) is 5.10 Å². The van der Waals surface area contributed by atoms with Gasteiger partial charge in [0, 0.05) is 6.54 Å². The molecule has 0 amide bonds. The number of anilines is 2. The van der Waals surface area contributed by atoms with Crippen LogP contribution >= 0.6 is 0 Å². The Morgan fingerprint density at radius 2 is 2.00 bits per heavy atom. The highest BCUT2D eigenvalue weighted by atomic mass is 16.7. The fourth-order valence-corrected chi connectivity index (χ4v) is 2.29. The summed E-state index contributed by atoms with van der Waals surface area (Å²) in [6, 6.07) is 9.53. The topological polar surface area (TPSA) is 94.3 Å². The van der Waals surface area contributed by atoms with Gasteiger partial charge in [-0.05, 0) is 29.8 Å². The maximum absolute atomic E-state index is 5.37. The molecule has 8 heteroatoms. The van der Waals surface area contributed by atoms with E-state index in [1.165, 1.54) is 0 Å². The smallest absolute Gasteiger partial charge is 0.245 e. The summed E-state index contributed by atoms with van der Waals surface area (Å²) in [6.45, 7) is 1.36. The Morgan fingerprint density at radius 1 is 1.04 bits per heavy atom. The van der Waals surface area contributed by atoms with Gasteiger partial charge < -0.3 is 24.5 Å². The van der Waals surface area contributed by atoms with Crippen molar-refractivity contribution < 1.29 is 13.9 Å². The summed E-state index contributed by atoms with van der Waals surface area (Å²) in [5.74, 6) is 3.40. The summed E-state index contributed by atoms with van der Waals surface area (Å²) in [4.78, 5) is 4.37. The average Bonchev–Trinajstić information content (AvgIpc) is 3.29. The number of nitrogens with zero attached hydrogens (tertiary/aromatic N) is 3. The van der Waals surface area contributed by atoms with Crippen LogP contribution in [0.4, 0.5) is 11.8 Å². The van der Waals surface area contributed by atoms with Crippen LogP contribution in [0.1, 0.15) is 11.3 Å². The maximum Gasteiger partial charge on any atom is 0.245 e. The second-order valence-electron chi connectivity index (χ2n) is 5.14. The second-order valence-corrected chi connectivity index (χ2v) is 5.14. The molecule has 2 N–H and O–H groups in total. The van der Waals surface area contributed by atoms with Crippen molar-refractivity contribution in [3.8, 4) is 11.5 Å². The van der Waals surface area contributed by atoms with Gasteiger partial charge in [0.25, 0.3) is 0 Å². The monoisotopic (exact) mass is 325 g/mol. The minimum atomic E-state index is 0.271. The molecule has 24 heavy (non-hydrogen) atoms. The van der Waals surface area contributed by atoms with E-state index in [9.17, 15) is 0 Å². The van der Waals surface area contributed by atoms with Crippen LogP contribution in [-0.2, 0) is 13.1 Å². The Bertz CT molecular complexity index is 822. The van der Waals surface area contributed by atoms with E-state index in [1.807, 2.05) is 30.3 Å². The van der Waals surface area contributed by atoms with Crippen LogP contribution in [0.15, 0.2) is 47.2 Å². The van der Waals surface area contributed by atoms with Gasteiger partial charge >= 0.3 is 0 Å². The quantitative estimate of drug-likeness (QED) is 0.713. The number of fused-ring (bicyclic) bond motifs is 1. The van der Waals surface area contributed by atoms with Crippen molar-refractivity contribution in [1.29, 1.82) is 0 Å². The third-order valence-electron chi connectivity index (χ3n) is 3.47. The lowest BCUT2D eigenvalue weighted by Crippen LogP contribution is -2.07. The highest BCUT2D eigenvalue weighted by molar-refractivity contribution is 5.46. The molecular weight excluding hydrogens is 310 g/mol. The molecular formula is C16H15N5O3. The predicted octanol–water partition coefficient (Wildman–Crippen LogP) is 2.42. The van der Waals surface area contributed by atoms with Crippen LogP contribution in [0.3, 0.4) is 0 Å². The largest absolute Gasteiger partial charge is 0.467 e. The highest BCUT2D eigenvalue weighted by Crippen LogP contribution is 2.32. The van der Waals surface area contributed by atoms with Crippen LogP contribution < -0.4 is 20.1 Å². The molecule has 0 atom stereocenters. The summed E-state index contributed by atoms with van der Waals surface area (Å²) in [6.07, 6.45) is 3.20. The maximum atomic E-state index is 5.37. The Balaban J connectivity index is 1.37. The van der Waals surface area contributed by atoms with Crippen molar-refractivity contribution in [2.45, 2.75) is 13.1 Å². The Hall–Kier alpha value is -3.29. The summed E-state index contributed by atoms with van der Waals surface area (Å²) in [7, 11) is 0. The van der Waals surface area contributed by atoms with Crippen molar-refractivity contribution in [1.82, 2.24) is 15.2 Å². The highest BCUT2D eigenvalue weighted by Gasteiger charge is 2.13. The number of aromatic nitrogens is 3. The summed E-state index contributed by atoms with van der Waals surface area (Å²) in [5.41, 5.74) is 1.06. The van der Waals surface area contributed by atoms with Gasteiger partial charge in [0.05, 0.1) is 19.0 Å². The SMILES string of the molecule is c1coc(CNc2nncc(NCc3ccc4c(c3)OCO4)n2)c1. The molecule has 0 aliphatic carbocycles. The normalized spacial score (nSPS) is 12.2. The van der Waals surface area contributed by atoms with Gasteiger partial charge in [0.1, 0.15) is 5.76 Å². The third-order valence-corrected chi connectivity index (χ3v) is 3.47. The molecule has 0 bridgehead atoms. The second kappa shape index (κ2) is 6.45. The first-order valence-corrected chi connectivity index (χ1v) is 7.45. The van der Waals surface area contributed by atoms with E-state index in [-0.39, 0.29) is 6.79 Å². The molecule has 0 radical (unpaired) electrons. The van der Waals surface area contributed by atoms with Gasteiger partial charge in [0.15, 0.2) is 17.3 Å². The van der Waals surface area contributed by atoms with Crippen LogP contribution in [-0.4, -0.2) is 22.0 Å². The van der Waals surface area contributed by atoms with Gasteiger partial charge in [-0.3, -0.25) is 0 Å². The lowest BCUT2D eigenvalue weighted by molar-refractivity contribution is 0.174. The zero-order valence-corrected chi connectivity index (χ0v) is 12.7. The minimum absolute atomic E-state index is 0.271. The molecule has 1 aliphatic rings. The van der Waals surface area contributed by atoms with Crippen LogP contribution in [0, 0.1) is 0 Å². The first-order chi connectivity index (χ1) is 11.9. The standard InChI is InChI=1S/C16H15N5O3/c1-2-12(22-5-1)8-18-16-20-15(9-19-21-16)17-7-11-3-4-13-14(6-11)24-10-23-13/h1-6,9H,7-8,10H2,(H2,17,18,20,21). The predicted molar refractivity (Wildman–Crippen MR) is 85.8 cm³/mol. The van der Waals surface area contributed by atoms with E-state index in [2.05, 4.69) is 25.8 Å². The molecule has 0 spiro atoms. The molecule has 3 heterocycles. The number of hydrogen-bond donors (Lipinski definition) is 2. The first-order valence-electron chi connectivity index (χ1n) is 7.45. The van der Waals surface area contributed by atoms with Crippen LogP contribution in [0.2, 0.25) is 0 Å². The molecule has 0 saturated carbocycles.